The van der Waals surface area contributed by atoms with Gasteiger partial charge in [-0.15, -0.1) is 11.3 Å². The number of rotatable bonds is 2. The van der Waals surface area contributed by atoms with E-state index in [0.29, 0.717) is 4.88 Å². The van der Waals surface area contributed by atoms with Crippen molar-refractivity contribution in [3.8, 4) is 6.07 Å². The number of nitrogens with zero attached hydrogens (tertiary/aromatic N) is 1. The van der Waals surface area contributed by atoms with E-state index in [2.05, 4.69) is 0 Å². The van der Waals surface area contributed by atoms with Crippen LogP contribution < -0.4 is 0 Å². The monoisotopic (exact) mass is 219 g/mol. The van der Waals surface area contributed by atoms with Crippen molar-refractivity contribution in [2.45, 2.75) is 6.42 Å². The van der Waals surface area contributed by atoms with Crippen LogP contribution in [0.5, 0.6) is 0 Å². The van der Waals surface area contributed by atoms with E-state index in [-0.39, 0.29) is 18.0 Å². The molecule has 0 aliphatic rings. The van der Waals surface area contributed by atoms with Gasteiger partial charge in [-0.05, 0) is 23.6 Å². The first-order chi connectivity index (χ1) is 7.20. The molecule has 0 amide bonds. The number of thiophene rings is 1. The van der Waals surface area contributed by atoms with E-state index in [1.165, 1.54) is 23.5 Å². The Morgan fingerprint density at radius 2 is 2.27 bits per heavy atom. The Bertz CT molecular complexity index is 567. The Balaban J connectivity index is 2.48. The number of benzene rings is 1. The Hall–Kier alpha value is -1.73. The van der Waals surface area contributed by atoms with Gasteiger partial charge in [0.15, 0.2) is 5.78 Å². The Labute approximate surface area is 89.6 Å². The number of Topliss-reactive ketones (excluding diaryl/α,β-unsaturated/α-hetero) is 1. The van der Waals surface area contributed by atoms with Crippen molar-refractivity contribution in [1.29, 1.82) is 5.26 Å². The van der Waals surface area contributed by atoms with Gasteiger partial charge in [-0.1, -0.05) is 6.07 Å². The third-order valence-electron chi connectivity index (χ3n) is 2.00. The molecule has 0 aliphatic carbocycles. The SMILES string of the molecule is N#CCC(=O)c1cc2ccc(F)cc2s1. The summed E-state index contributed by atoms with van der Waals surface area (Å²) in [5.41, 5.74) is 0. The van der Waals surface area contributed by atoms with Crippen LogP contribution >= 0.6 is 11.3 Å². The maximum atomic E-state index is 12.9. The second-order valence-corrected chi connectivity index (χ2v) is 4.13. The number of carbonyl (C=O) groups excluding carboxylic acids is 1. The van der Waals surface area contributed by atoms with Gasteiger partial charge in [-0.2, -0.15) is 5.26 Å². The molecule has 0 radical (unpaired) electrons. The molecular formula is C11H6FNOS. The standard InChI is InChI=1S/C11H6FNOS/c12-8-2-1-7-5-11(9(14)3-4-13)15-10(7)6-8/h1-2,5-6H,3H2. The number of halogens is 1. The predicted octanol–water partition coefficient (Wildman–Crippen LogP) is 3.14. The van der Waals surface area contributed by atoms with E-state index < -0.39 is 0 Å². The molecule has 0 atom stereocenters. The average molecular weight is 219 g/mol. The first kappa shape index (κ1) is 9.81. The molecule has 1 heterocycles. The van der Waals surface area contributed by atoms with Crippen molar-refractivity contribution in [2.75, 3.05) is 0 Å². The first-order valence-corrected chi connectivity index (χ1v) is 5.11. The molecule has 0 N–H and O–H groups in total. The number of nitriles is 1. The lowest BCUT2D eigenvalue weighted by Gasteiger charge is -1.86. The largest absolute Gasteiger partial charge is 0.292 e. The van der Waals surface area contributed by atoms with Gasteiger partial charge in [0.2, 0.25) is 0 Å². The van der Waals surface area contributed by atoms with Crippen LogP contribution in [0.25, 0.3) is 10.1 Å². The molecular weight excluding hydrogens is 213 g/mol. The van der Waals surface area contributed by atoms with E-state index in [0.717, 1.165) is 10.1 Å². The van der Waals surface area contributed by atoms with Gasteiger partial charge in [0.1, 0.15) is 5.82 Å². The maximum absolute atomic E-state index is 12.9. The van der Waals surface area contributed by atoms with E-state index in [1.54, 1.807) is 18.2 Å². The smallest absolute Gasteiger partial charge is 0.186 e. The lowest BCUT2D eigenvalue weighted by Crippen LogP contribution is -1.91. The van der Waals surface area contributed by atoms with Gasteiger partial charge < -0.3 is 0 Å². The van der Waals surface area contributed by atoms with Crippen LogP contribution in [0, 0.1) is 17.1 Å². The Morgan fingerprint density at radius 1 is 1.47 bits per heavy atom. The highest BCUT2D eigenvalue weighted by molar-refractivity contribution is 7.20. The van der Waals surface area contributed by atoms with Gasteiger partial charge in [-0.3, -0.25) is 4.79 Å². The molecule has 0 saturated carbocycles. The van der Waals surface area contributed by atoms with Crippen molar-refractivity contribution in [3.05, 3.63) is 35.0 Å². The molecule has 2 aromatic rings. The Morgan fingerprint density at radius 3 is 3.00 bits per heavy atom. The summed E-state index contributed by atoms with van der Waals surface area (Å²) < 4.78 is 13.6. The highest BCUT2D eigenvalue weighted by atomic mass is 32.1. The normalized spacial score (nSPS) is 10.1. The molecule has 2 nitrogen and oxygen atoms in total. The molecule has 4 heteroatoms. The van der Waals surface area contributed by atoms with E-state index in [4.69, 9.17) is 5.26 Å². The van der Waals surface area contributed by atoms with Crippen LogP contribution in [0.2, 0.25) is 0 Å². The van der Waals surface area contributed by atoms with Gasteiger partial charge in [-0.25, -0.2) is 4.39 Å². The Kier molecular flexibility index (Phi) is 2.48. The number of carbonyl (C=O) groups is 1. The van der Waals surface area contributed by atoms with Crippen LogP contribution in [-0.2, 0) is 0 Å². The first-order valence-electron chi connectivity index (χ1n) is 4.30. The predicted molar refractivity (Wildman–Crippen MR) is 56.3 cm³/mol. The second kappa shape index (κ2) is 3.79. The number of ketones is 1. The molecule has 0 saturated heterocycles. The van der Waals surface area contributed by atoms with Crippen LogP contribution in [0.1, 0.15) is 16.1 Å². The van der Waals surface area contributed by atoms with Crippen molar-refractivity contribution in [1.82, 2.24) is 0 Å². The van der Waals surface area contributed by atoms with E-state index in [9.17, 15) is 9.18 Å². The van der Waals surface area contributed by atoms with Crippen LogP contribution in [0.4, 0.5) is 4.39 Å². The summed E-state index contributed by atoms with van der Waals surface area (Å²) in [5.74, 6) is -0.525. The fourth-order valence-electron chi connectivity index (χ4n) is 1.30. The minimum atomic E-state index is -0.316. The van der Waals surface area contributed by atoms with E-state index in [1.807, 2.05) is 0 Å². The zero-order chi connectivity index (χ0) is 10.8. The molecule has 15 heavy (non-hydrogen) atoms. The molecule has 0 aliphatic heterocycles. The fraction of sp³-hybridized carbons (Fsp3) is 0.0909. The zero-order valence-electron chi connectivity index (χ0n) is 7.66. The van der Waals surface area contributed by atoms with Gasteiger partial charge in [0, 0.05) is 4.70 Å². The summed E-state index contributed by atoms with van der Waals surface area (Å²) in [6.07, 6.45) is -0.130. The number of fused-ring (bicyclic) bond motifs is 1. The summed E-state index contributed by atoms with van der Waals surface area (Å²) in [6, 6.07) is 7.87. The van der Waals surface area contributed by atoms with Crippen LogP contribution in [0.3, 0.4) is 0 Å². The molecule has 1 aromatic heterocycles. The summed E-state index contributed by atoms with van der Waals surface area (Å²) in [6.45, 7) is 0. The zero-order valence-corrected chi connectivity index (χ0v) is 8.47. The van der Waals surface area contributed by atoms with Crippen molar-refractivity contribution in [3.63, 3.8) is 0 Å². The highest BCUT2D eigenvalue weighted by Gasteiger charge is 2.09. The van der Waals surface area contributed by atoms with Gasteiger partial charge in [0.25, 0.3) is 0 Å². The molecule has 0 bridgehead atoms. The molecule has 0 unspecified atom stereocenters. The molecule has 0 fully saturated rings. The third kappa shape index (κ3) is 1.88. The molecule has 2 rings (SSSR count). The quantitative estimate of drug-likeness (QED) is 0.728. The topological polar surface area (TPSA) is 40.9 Å². The fourth-order valence-corrected chi connectivity index (χ4v) is 2.33. The van der Waals surface area contributed by atoms with Gasteiger partial charge >= 0.3 is 0 Å². The lowest BCUT2D eigenvalue weighted by atomic mass is 10.2. The minimum absolute atomic E-state index is 0.130. The van der Waals surface area contributed by atoms with Crippen molar-refractivity contribution >= 4 is 27.2 Å². The molecule has 74 valence electrons. The van der Waals surface area contributed by atoms with Crippen molar-refractivity contribution < 1.29 is 9.18 Å². The molecule has 0 spiro atoms. The summed E-state index contributed by atoms with van der Waals surface area (Å²) in [4.78, 5) is 11.9. The number of hydrogen-bond donors (Lipinski definition) is 0. The second-order valence-electron chi connectivity index (χ2n) is 3.05. The highest BCUT2D eigenvalue weighted by Crippen LogP contribution is 2.27. The van der Waals surface area contributed by atoms with Gasteiger partial charge in [0.05, 0.1) is 17.4 Å². The molecule has 1 aromatic carbocycles. The third-order valence-corrected chi connectivity index (χ3v) is 3.14. The minimum Gasteiger partial charge on any atom is -0.292 e. The lowest BCUT2D eigenvalue weighted by molar-refractivity contribution is 0.100. The average Bonchev–Trinajstić information content (AvgIpc) is 2.60. The number of hydrogen-bond acceptors (Lipinski definition) is 3. The summed E-state index contributed by atoms with van der Waals surface area (Å²) >= 11 is 1.22. The summed E-state index contributed by atoms with van der Waals surface area (Å²) in [5, 5.41) is 9.23. The van der Waals surface area contributed by atoms with Crippen molar-refractivity contribution in [2.24, 2.45) is 0 Å². The maximum Gasteiger partial charge on any atom is 0.186 e. The van der Waals surface area contributed by atoms with Crippen LogP contribution in [0.15, 0.2) is 24.3 Å². The van der Waals surface area contributed by atoms with E-state index >= 15 is 0 Å². The van der Waals surface area contributed by atoms with Crippen LogP contribution in [-0.4, -0.2) is 5.78 Å². The summed E-state index contributed by atoms with van der Waals surface area (Å²) in [7, 11) is 0.